The van der Waals surface area contributed by atoms with Crippen molar-refractivity contribution >= 4 is 47.8 Å². The molecule has 0 bridgehead atoms. The van der Waals surface area contributed by atoms with Crippen LogP contribution in [0.3, 0.4) is 0 Å². The molecule has 3 aromatic heterocycles. The van der Waals surface area contributed by atoms with Gasteiger partial charge in [0.2, 0.25) is 11.9 Å². The third-order valence-corrected chi connectivity index (χ3v) is 7.97. The average molecular weight is 738 g/mol. The van der Waals surface area contributed by atoms with Crippen molar-refractivity contribution in [3.63, 3.8) is 0 Å². The van der Waals surface area contributed by atoms with Gasteiger partial charge in [-0.25, -0.2) is 19.3 Å². The van der Waals surface area contributed by atoms with Crippen LogP contribution in [0.5, 0.6) is 0 Å². The quantitative estimate of drug-likeness (QED) is 0.216. The molecule has 0 atom stereocenters. The number of aromatic nitrogens is 3. The highest BCUT2D eigenvalue weighted by Crippen LogP contribution is 2.34. The Morgan fingerprint density at radius 2 is 1.03 bits per heavy atom. The smallest absolute Gasteiger partial charge is 0.227 e. The standard InChI is InChI=1S/3C10H13BrFN/c1-6-8(10(2,3)4)7(12)5-13-9(6)11;1-6-8(10(2,3)4)7(11)5-13-9(6)12;1-6-5-13-9(12)8(11)7(6)10(2,3)4/h3*5H,1-4H3. The van der Waals surface area contributed by atoms with Gasteiger partial charge in [-0.05, 0) is 107 Å². The minimum atomic E-state index is -0.435. The molecule has 0 saturated carbocycles. The summed E-state index contributed by atoms with van der Waals surface area (Å²) in [7, 11) is 0. The molecule has 3 nitrogen and oxygen atoms in total. The molecule has 0 spiro atoms. The summed E-state index contributed by atoms with van der Waals surface area (Å²) in [6, 6.07) is 0. The highest BCUT2D eigenvalue weighted by molar-refractivity contribution is 9.11. The summed E-state index contributed by atoms with van der Waals surface area (Å²) >= 11 is 9.91. The van der Waals surface area contributed by atoms with E-state index in [4.69, 9.17) is 0 Å². The number of halogens is 6. The molecule has 39 heavy (non-hydrogen) atoms. The van der Waals surface area contributed by atoms with Crippen LogP contribution < -0.4 is 0 Å². The first-order valence-electron chi connectivity index (χ1n) is 12.4. The van der Waals surface area contributed by atoms with E-state index in [1.165, 1.54) is 12.4 Å². The normalized spacial score (nSPS) is 11.8. The second-order valence-corrected chi connectivity index (χ2v) is 14.9. The number of hydrogen-bond acceptors (Lipinski definition) is 3. The van der Waals surface area contributed by atoms with Crippen LogP contribution in [0, 0.1) is 38.5 Å². The van der Waals surface area contributed by atoms with Crippen LogP contribution in [0.2, 0.25) is 0 Å². The molecule has 0 amide bonds. The molecule has 0 unspecified atom stereocenters. The van der Waals surface area contributed by atoms with Crippen molar-refractivity contribution in [3.8, 4) is 0 Å². The molecule has 0 radical (unpaired) electrons. The fraction of sp³-hybridized carbons (Fsp3) is 0.500. The van der Waals surface area contributed by atoms with Crippen molar-refractivity contribution in [2.45, 2.75) is 99.3 Å². The topological polar surface area (TPSA) is 38.7 Å². The van der Waals surface area contributed by atoms with E-state index in [9.17, 15) is 13.2 Å². The molecule has 0 aliphatic carbocycles. The number of hydrogen-bond donors (Lipinski definition) is 0. The molecule has 0 saturated heterocycles. The maximum atomic E-state index is 13.4. The van der Waals surface area contributed by atoms with Gasteiger partial charge in [0.05, 0.1) is 10.7 Å². The van der Waals surface area contributed by atoms with Gasteiger partial charge >= 0.3 is 0 Å². The van der Waals surface area contributed by atoms with Gasteiger partial charge in [-0.15, -0.1) is 0 Å². The lowest BCUT2D eigenvalue weighted by Gasteiger charge is -2.22. The summed E-state index contributed by atoms with van der Waals surface area (Å²) in [4.78, 5) is 11.2. The molecular formula is C30H39Br3F3N3. The first kappa shape index (κ1) is 35.7. The summed E-state index contributed by atoms with van der Waals surface area (Å²) in [6.07, 6.45) is 4.35. The van der Waals surface area contributed by atoms with Gasteiger partial charge in [0.1, 0.15) is 10.4 Å². The Bertz CT molecular complexity index is 1150. The molecule has 216 valence electrons. The van der Waals surface area contributed by atoms with Crippen LogP contribution in [-0.4, -0.2) is 15.0 Å². The molecule has 3 heterocycles. The monoisotopic (exact) mass is 735 g/mol. The van der Waals surface area contributed by atoms with Crippen molar-refractivity contribution in [2.24, 2.45) is 0 Å². The number of rotatable bonds is 0. The van der Waals surface area contributed by atoms with Gasteiger partial charge in [-0.3, -0.25) is 0 Å². The summed E-state index contributed by atoms with van der Waals surface area (Å²) in [6.45, 7) is 23.9. The molecule has 0 aliphatic heterocycles. The second kappa shape index (κ2) is 13.6. The van der Waals surface area contributed by atoms with E-state index in [1.54, 1.807) is 13.1 Å². The Labute approximate surface area is 257 Å². The largest absolute Gasteiger partial charge is 0.246 e. The number of pyridine rings is 3. The fourth-order valence-electron chi connectivity index (χ4n) is 4.43. The van der Waals surface area contributed by atoms with Crippen LogP contribution in [0.1, 0.15) is 95.7 Å². The van der Waals surface area contributed by atoms with Crippen LogP contribution in [0.25, 0.3) is 0 Å². The highest BCUT2D eigenvalue weighted by atomic mass is 79.9. The van der Waals surface area contributed by atoms with E-state index in [0.29, 0.717) is 10.0 Å². The first-order chi connectivity index (χ1) is 17.5. The predicted octanol–water partition coefficient (Wildman–Crippen LogP) is 10.8. The number of nitrogens with zero attached hydrogens (tertiary/aromatic N) is 3. The van der Waals surface area contributed by atoms with Crippen molar-refractivity contribution < 1.29 is 13.2 Å². The van der Waals surface area contributed by atoms with Crippen molar-refractivity contribution in [2.75, 3.05) is 0 Å². The lowest BCUT2D eigenvalue weighted by Crippen LogP contribution is -2.16. The molecule has 0 aromatic carbocycles. The van der Waals surface area contributed by atoms with E-state index in [-0.39, 0.29) is 28.0 Å². The van der Waals surface area contributed by atoms with Gasteiger partial charge in [0, 0.05) is 28.0 Å². The van der Waals surface area contributed by atoms with Gasteiger partial charge < -0.3 is 0 Å². The van der Waals surface area contributed by atoms with E-state index in [2.05, 4.69) is 104 Å². The zero-order valence-electron chi connectivity index (χ0n) is 24.8. The summed E-state index contributed by atoms with van der Waals surface area (Å²) in [5.74, 6) is -1.04. The van der Waals surface area contributed by atoms with Crippen LogP contribution in [-0.2, 0) is 16.2 Å². The summed E-state index contributed by atoms with van der Waals surface area (Å²) < 4.78 is 41.8. The van der Waals surface area contributed by atoms with Crippen molar-refractivity contribution in [3.05, 3.63) is 83.2 Å². The SMILES string of the molecule is Cc1c(Br)ncc(F)c1C(C)(C)C.Cc1c(F)ncc(Br)c1C(C)(C)C.Cc1cnc(F)c(Br)c1C(C)(C)C. The maximum absolute atomic E-state index is 13.4. The minimum absolute atomic E-state index is 0.0628. The Balaban J connectivity index is 0.000000292. The summed E-state index contributed by atoms with van der Waals surface area (Å²) in [5.41, 5.74) is 4.92. The van der Waals surface area contributed by atoms with Gasteiger partial charge in [0.25, 0.3) is 0 Å². The van der Waals surface area contributed by atoms with E-state index in [0.717, 1.165) is 36.9 Å². The Kier molecular flexibility index (Phi) is 12.4. The Morgan fingerprint density at radius 3 is 1.41 bits per heavy atom. The third kappa shape index (κ3) is 9.63. The molecule has 0 fully saturated rings. The first-order valence-corrected chi connectivity index (χ1v) is 14.8. The molecule has 3 aromatic rings. The molecule has 0 N–H and O–H groups in total. The Hall–Kier alpha value is -1.32. The molecular weight excluding hydrogens is 699 g/mol. The van der Waals surface area contributed by atoms with Gasteiger partial charge in [-0.2, -0.15) is 8.78 Å². The van der Waals surface area contributed by atoms with E-state index >= 15 is 0 Å². The zero-order chi connectivity index (χ0) is 30.7. The van der Waals surface area contributed by atoms with Crippen molar-refractivity contribution in [1.29, 1.82) is 0 Å². The highest BCUT2D eigenvalue weighted by Gasteiger charge is 2.24. The van der Waals surface area contributed by atoms with Crippen LogP contribution in [0.15, 0.2) is 32.1 Å². The molecule has 0 aliphatic rings. The third-order valence-electron chi connectivity index (χ3n) is 5.85. The summed E-state index contributed by atoms with van der Waals surface area (Å²) in [5, 5.41) is 0. The van der Waals surface area contributed by atoms with Gasteiger partial charge in [0.15, 0.2) is 0 Å². The van der Waals surface area contributed by atoms with Crippen LogP contribution in [0.4, 0.5) is 13.2 Å². The zero-order valence-corrected chi connectivity index (χ0v) is 29.6. The maximum Gasteiger partial charge on any atom is 0.227 e. The van der Waals surface area contributed by atoms with Crippen LogP contribution >= 0.6 is 47.8 Å². The van der Waals surface area contributed by atoms with E-state index < -0.39 is 5.95 Å². The number of aryl methyl sites for hydroxylation is 1. The Morgan fingerprint density at radius 1 is 0.564 bits per heavy atom. The lowest BCUT2D eigenvalue weighted by molar-refractivity contribution is 0.514. The fourth-order valence-corrected chi connectivity index (χ4v) is 6.73. The van der Waals surface area contributed by atoms with E-state index in [1.807, 2.05) is 34.6 Å². The van der Waals surface area contributed by atoms with Gasteiger partial charge in [-0.1, -0.05) is 62.3 Å². The second-order valence-electron chi connectivity index (χ2n) is 12.5. The minimum Gasteiger partial charge on any atom is -0.246 e. The van der Waals surface area contributed by atoms with Crippen molar-refractivity contribution in [1.82, 2.24) is 15.0 Å². The lowest BCUT2D eigenvalue weighted by atomic mass is 9.85. The average Bonchev–Trinajstić information content (AvgIpc) is 2.75. The molecule has 9 heteroatoms. The predicted molar refractivity (Wildman–Crippen MR) is 166 cm³/mol. The molecule has 3 rings (SSSR count).